The molecule has 1 fully saturated rings. The van der Waals surface area contributed by atoms with Gasteiger partial charge in [-0.25, -0.2) is 14.4 Å². The van der Waals surface area contributed by atoms with Gasteiger partial charge in [-0.2, -0.15) is 0 Å². The van der Waals surface area contributed by atoms with Crippen LogP contribution in [0.25, 0.3) is 10.2 Å². The highest BCUT2D eigenvalue weighted by Gasteiger charge is 2.21. The minimum Gasteiger partial charge on any atom is -0.491 e. The summed E-state index contributed by atoms with van der Waals surface area (Å²) < 4.78 is 25.9. The summed E-state index contributed by atoms with van der Waals surface area (Å²) >= 11 is 1.31. The fourth-order valence-electron chi connectivity index (χ4n) is 4.53. The number of aryl methyl sites for hydroxylation is 1. The van der Waals surface area contributed by atoms with Crippen LogP contribution >= 0.6 is 11.3 Å². The number of hydrogen-bond acceptors (Lipinski definition) is 8. The Morgan fingerprint density at radius 1 is 1.21 bits per heavy atom. The summed E-state index contributed by atoms with van der Waals surface area (Å²) in [5.74, 6) is 1.20. The lowest BCUT2D eigenvalue weighted by Crippen LogP contribution is -2.37. The maximum Gasteiger partial charge on any atom is 0.261 e. The van der Waals surface area contributed by atoms with E-state index in [0.717, 1.165) is 41.6 Å². The van der Waals surface area contributed by atoms with E-state index >= 15 is 0 Å². The predicted octanol–water partition coefficient (Wildman–Crippen LogP) is 5.73. The van der Waals surface area contributed by atoms with E-state index in [1.165, 1.54) is 29.8 Å². The second-order valence-electron chi connectivity index (χ2n) is 9.80. The molecule has 1 saturated heterocycles. The second-order valence-corrected chi connectivity index (χ2v) is 10.8. The first-order chi connectivity index (χ1) is 18.9. The summed E-state index contributed by atoms with van der Waals surface area (Å²) in [6.07, 6.45) is 3.43. The van der Waals surface area contributed by atoms with E-state index in [0.29, 0.717) is 40.1 Å². The first-order valence-corrected chi connectivity index (χ1v) is 13.9. The maximum atomic E-state index is 14.1. The summed E-state index contributed by atoms with van der Waals surface area (Å²) in [7, 11) is 0. The fraction of sp³-hybridized carbons (Fsp3) is 0.345. The number of nitrogens with zero attached hydrogens (tertiary/aromatic N) is 2. The maximum absolute atomic E-state index is 14.1. The van der Waals surface area contributed by atoms with Gasteiger partial charge in [0, 0.05) is 19.2 Å². The van der Waals surface area contributed by atoms with Gasteiger partial charge in [-0.3, -0.25) is 4.79 Å². The molecule has 0 saturated carbocycles. The first-order valence-electron chi connectivity index (χ1n) is 13.1. The van der Waals surface area contributed by atoms with Crippen molar-refractivity contribution in [2.75, 3.05) is 18.4 Å². The van der Waals surface area contributed by atoms with Crippen molar-refractivity contribution in [3.63, 3.8) is 0 Å². The number of amides is 1. The van der Waals surface area contributed by atoms with Crippen molar-refractivity contribution in [1.29, 1.82) is 0 Å². The quantitative estimate of drug-likeness (QED) is 0.245. The molecule has 1 aliphatic rings. The Kier molecular flexibility index (Phi) is 8.23. The number of halogens is 1. The molecule has 3 heterocycles. The van der Waals surface area contributed by atoms with E-state index in [2.05, 4.69) is 25.9 Å². The third-order valence-corrected chi connectivity index (χ3v) is 7.62. The SMILES string of the molecule is Cc1c(C(=O)NCc2ccc(OC(C)C)cc2)sc2ncnc(Nc3ccc(F)cc3OC3CCCNC3)c12. The van der Waals surface area contributed by atoms with Crippen LogP contribution in [-0.2, 0) is 6.54 Å². The van der Waals surface area contributed by atoms with E-state index in [1.807, 2.05) is 45.0 Å². The van der Waals surface area contributed by atoms with Crippen LogP contribution in [0.4, 0.5) is 15.9 Å². The Morgan fingerprint density at radius 3 is 2.77 bits per heavy atom. The minimum atomic E-state index is -0.375. The molecule has 204 valence electrons. The number of benzene rings is 2. The number of hydrogen-bond donors (Lipinski definition) is 3. The summed E-state index contributed by atoms with van der Waals surface area (Å²) in [6, 6.07) is 12.1. The van der Waals surface area contributed by atoms with Gasteiger partial charge in [0.05, 0.1) is 22.1 Å². The zero-order valence-corrected chi connectivity index (χ0v) is 23.0. The molecule has 0 radical (unpaired) electrons. The molecule has 2 aromatic heterocycles. The van der Waals surface area contributed by atoms with Gasteiger partial charge in [0.25, 0.3) is 5.91 Å². The Bertz CT molecular complexity index is 1450. The number of ether oxygens (including phenoxy) is 2. The van der Waals surface area contributed by atoms with E-state index in [-0.39, 0.29) is 23.9 Å². The Balaban J connectivity index is 1.34. The molecule has 5 rings (SSSR count). The molecule has 1 aliphatic heterocycles. The zero-order chi connectivity index (χ0) is 27.4. The van der Waals surface area contributed by atoms with Gasteiger partial charge >= 0.3 is 0 Å². The molecular weight excluding hydrogens is 517 g/mol. The summed E-state index contributed by atoms with van der Waals surface area (Å²) in [5, 5.41) is 10.4. The van der Waals surface area contributed by atoms with Gasteiger partial charge in [-0.1, -0.05) is 12.1 Å². The molecule has 10 heteroatoms. The van der Waals surface area contributed by atoms with Crippen molar-refractivity contribution < 1.29 is 18.7 Å². The van der Waals surface area contributed by atoms with Crippen LogP contribution in [0, 0.1) is 12.7 Å². The summed E-state index contributed by atoms with van der Waals surface area (Å²) in [5.41, 5.74) is 2.35. The largest absolute Gasteiger partial charge is 0.491 e. The van der Waals surface area contributed by atoms with Crippen LogP contribution < -0.4 is 25.4 Å². The highest BCUT2D eigenvalue weighted by atomic mass is 32.1. The number of thiophene rings is 1. The highest BCUT2D eigenvalue weighted by molar-refractivity contribution is 7.20. The highest BCUT2D eigenvalue weighted by Crippen LogP contribution is 2.37. The Morgan fingerprint density at radius 2 is 2.03 bits per heavy atom. The van der Waals surface area contributed by atoms with Gasteiger partial charge in [0.1, 0.15) is 40.4 Å². The average Bonchev–Trinajstić information content (AvgIpc) is 3.27. The van der Waals surface area contributed by atoms with E-state index in [4.69, 9.17) is 9.47 Å². The van der Waals surface area contributed by atoms with Gasteiger partial charge in [0.2, 0.25) is 0 Å². The van der Waals surface area contributed by atoms with E-state index in [9.17, 15) is 9.18 Å². The van der Waals surface area contributed by atoms with Gasteiger partial charge in [0.15, 0.2) is 0 Å². The molecule has 4 aromatic rings. The van der Waals surface area contributed by atoms with Crippen molar-refractivity contribution >= 4 is 39.0 Å². The minimum absolute atomic E-state index is 0.0383. The number of nitrogens with one attached hydrogen (secondary N) is 3. The standard InChI is InChI=1S/C29H32FN5O3S/c1-17(2)37-21-9-6-19(7-10-21)14-32-28(36)26-18(3)25-27(33-16-34-29(25)39-26)35-23-11-8-20(30)13-24(23)38-22-5-4-12-31-15-22/h6-11,13,16-17,22,31H,4-5,12,14-15H2,1-3H3,(H,32,36)(H,33,34,35). The number of anilines is 2. The number of carbonyl (C=O) groups excluding carboxylic acids is 1. The number of fused-ring (bicyclic) bond motifs is 1. The smallest absolute Gasteiger partial charge is 0.261 e. The molecule has 39 heavy (non-hydrogen) atoms. The molecule has 3 N–H and O–H groups in total. The number of carbonyl (C=O) groups is 1. The lowest BCUT2D eigenvalue weighted by atomic mass is 10.1. The molecule has 0 spiro atoms. The number of piperidine rings is 1. The normalized spacial score (nSPS) is 15.4. The molecular formula is C29H32FN5O3S. The van der Waals surface area contributed by atoms with Crippen LogP contribution in [0.3, 0.4) is 0 Å². The third kappa shape index (κ3) is 6.46. The molecule has 1 amide bonds. The Hall–Kier alpha value is -3.76. The van der Waals surface area contributed by atoms with Gasteiger partial charge in [-0.15, -0.1) is 11.3 Å². The molecule has 1 unspecified atom stereocenters. The van der Waals surface area contributed by atoms with Gasteiger partial charge in [-0.05, 0) is 75.5 Å². The van der Waals surface area contributed by atoms with Crippen molar-refractivity contribution in [1.82, 2.24) is 20.6 Å². The Labute approximate surface area is 231 Å². The monoisotopic (exact) mass is 549 g/mol. The summed E-state index contributed by atoms with van der Waals surface area (Å²) in [4.78, 5) is 23.2. The number of aromatic nitrogens is 2. The zero-order valence-electron chi connectivity index (χ0n) is 22.2. The predicted molar refractivity (Wildman–Crippen MR) is 152 cm³/mol. The molecule has 0 bridgehead atoms. The van der Waals surface area contributed by atoms with Crippen LogP contribution in [0.5, 0.6) is 11.5 Å². The summed E-state index contributed by atoms with van der Waals surface area (Å²) in [6.45, 7) is 7.90. The lowest BCUT2D eigenvalue weighted by Gasteiger charge is -2.25. The molecule has 1 atom stereocenters. The van der Waals surface area contributed by atoms with E-state index < -0.39 is 0 Å². The lowest BCUT2D eigenvalue weighted by molar-refractivity contribution is 0.0954. The van der Waals surface area contributed by atoms with Crippen molar-refractivity contribution in [2.45, 2.75) is 52.4 Å². The van der Waals surface area contributed by atoms with Crippen molar-refractivity contribution in [3.05, 3.63) is 70.6 Å². The third-order valence-electron chi connectivity index (χ3n) is 6.42. The van der Waals surface area contributed by atoms with Crippen LogP contribution in [-0.4, -0.2) is 41.2 Å². The first kappa shape index (κ1) is 26.8. The van der Waals surface area contributed by atoms with Crippen LogP contribution in [0.1, 0.15) is 47.5 Å². The van der Waals surface area contributed by atoms with Crippen molar-refractivity contribution in [2.24, 2.45) is 0 Å². The molecule has 0 aliphatic carbocycles. The molecule has 2 aromatic carbocycles. The topological polar surface area (TPSA) is 97.4 Å². The van der Waals surface area contributed by atoms with Crippen molar-refractivity contribution in [3.8, 4) is 11.5 Å². The second kappa shape index (κ2) is 12.0. The molecule has 8 nitrogen and oxygen atoms in total. The average molecular weight is 550 g/mol. The fourth-order valence-corrected chi connectivity index (χ4v) is 5.59. The van der Waals surface area contributed by atoms with E-state index in [1.54, 1.807) is 6.07 Å². The van der Waals surface area contributed by atoms with Crippen LogP contribution in [0.15, 0.2) is 48.8 Å². The van der Waals surface area contributed by atoms with Crippen LogP contribution in [0.2, 0.25) is 0 Å². The number of rotatable bonds is 9. The van der Waals surface area contributed by atoms with Gasteiger partial charge < -0.3 is 25.4 Å².